The van der Waals surface area contributed by atoms with Crippen LogP contribution in [0.3, 0.4) is 0 Å². The molecule has 0 aliphatic heterocycles. The fourth-order valence-corrected chi connectivity index (χ4v) is 1.54. The maximum absolute atomic E-state index is 12.6. The van der Waals surface area contributed by atoms with Crippen LogP contribution >= 0.6 is 0 Å². The van der Waals surface area contributed by atoms with E-state index in [0.29, 0.717) is 17.9 Å². The highest BCUT2D eigenvalue weighted by atomic mass is 19.1. The number of halogens is 1. The quantitative estimate of drug-likeness (QED) is 0.841. The summed E-state index contributed by atoms with van der Waals surface area (Å²) in [5, 5.41) is 6.49. The molecule has 5 nitrogen and oxygen atoms in total. The Bertz CT molecular complexity index is 544. The van der Waals surface area contributed by atoms with Gasteiger partial charge < -0.3 is 9.84 Å². The van der Waals surface area contributed by atoms with Crippen LogP contribution in [0, 0.1) is 19.8 Å². The summed E-state index contributed by atoms with van der Waals surface area (Å²) in [6.07, 6.45) is 1.19. The molecule has 2 heterocycles. The average Bonchev–Trinajstić information content (AvgIpc) is 2.67. The minimum absolute atomic E-state index is 0.308. The molecule has 0 saturated carbocycles. The molecular formula is C12H12FN3O2. The van der Waals surface area contributed by atoms with Gasteiger partial charge in [0.25, 0.3) is 5.91 Å². The third-order valence-corrected chi connectivity index (χ3v) is 2.60. The van der Waals surface area contributed by atoms with E-state index in [1.165, 1.54) is 12.3 Å². The molecule has 2 rings (SSSR count). The molecule has 0 aromatic carbocycles. The van der Waals surface area contributed by atoms with Crippen molar-refractivity contribution in [2.24, 2.45) is 0 Å². The van der Waals surface area contributed by atoms with Crippen molar-refractivity contribution < 1.29 is 13.7 Å². The average molecular weight is 249 g/mol. The molecule has 2 aromatic rings. The third kappa shape index (κ3) is 2.53. The predicted octanol–water partition coefficient (Wildman–Crippen LogP) is 1.76. The van der Waals surface area contributed by atoms with Crippen molar-refractivity contribution in [2.75, 3.05) is 0 Å². The number of aromatic nitrogens is 2. The lowest BCUT2D eigenvalue weighted by Gasteiger charge is -2.04. The number of hydrogen-bond donors (Lipinski definition) is 1. The molecule has 6 heteroatoms. The van der Waals surface area contributed by atoms with E-state index >= 15 is 0 Å². The summed E-state index contributed by atoms with van der Waals surface area (Å²) in [4.78, 5) is 15.2. The fourth-order valence-electron chi connectivity index (χ4n) is 1.54. The first-order chi connectivity index (χ1) is 8.58. The van der Waals surface area contributed by atoms with E-state index in [4.69, 9.17) is 4.52 Å². The predicted molar refractivity (Wildman–Crippen MR) is 61.3 cm³/mol. The first-order valence-corrected chi connectivity index (χ1v) is 5.39. The van der Waals surface area contributed by atoms with Crippen LogP contribution in [0.15, 0.2) is 22.9 Å². The first kappa shape index (κ1) is 12.2. The topological polar surface area (TPSA) is 68.0 Å². The number of pyridine rings is 1. The standard InChI is InChI=1S/C12H12FN3O2/c1-7-10(8(2)18-16-7)6-15-12(17)9-3-4-11(13)14-5-9/h3-5H,6H2,1-2H3,(H,15,17). The Kier molecular flexibility index (Phi) is 3.36. The highest BCUT2D eigenvalue weighted by molar-refractivity contribution is 5.93. The number of hydrogen-bond acceptors (Lipinski definition) is 4. The van der Waals surface area contributed by atoms with Crippen molar-refractivity contribution in [2.45, 2.75) is 20.4 Å². The molecular weight excluding hydrogens is 237 g/mol. The molecule has 0 aliphatic rings. The van der Waals surface area contributed by atoms with Crippen LogP contribution in [0.25, 0.3) is 0 Å². The molecule has 0 atom stereocenters. The Labute approximate surface area is 103 Å². The molecule has 0 unspecified atom stereocenters. The van der Waals surface area contributed by atoms with Crippen LogP contribution in [-0.4, -0.2) is 16.0 Å². The van der Waals surface area contributed by atoms with Crippen LogP contribution < -0.4 is 5.32 Å². The van der Waals surface area contributed by atoms with Crippen molar-refractivity contribution in [1.82, 2.24) is 15.5 Å². The maximum Gasteiger partial charge on any atom is 0.253 e. The maximum atomic E-state index is 12.6. The van der Waals surface area contributed by atoms with Crippen LogP contribution in [0.1, 0.15) is 27.4 Å². The van der Waals surface area contributed by atoms with E-state index in [-0.39, 0.29) is 5.91 Å². The number of amides is 1. The lowest BCUT2D eigenvalue weighted by atomic mass is 10.2. The fraction of sp³-hybridized carbons (Fsp3) is 0.250. The van der Waals surface area contributed by atoms with E-state index in [1.54, 1.807) is 13.8 Å². The van der Waals surface area contributed by atoms with Gasteiger partial charge in [-0.05, 0) is 26.0 Å². The lowest BCUT2D eigenvalue weighted by molar-refractivity contribution is 0.0950. The second kappa shape index (κ2) is 4.95. The van der Waals surface area contributed by atoms with Gasteiger partial charge in [-0.3, -0.25) is 4.79 Å². The SMILES string of the molecule is Cc1noc(C)c1CNC(=O)c1ccc(F)nc1. The highest BCUT2D eigenvalue weighted by Gasteiger charge is 2.11. The number of carbonyl (C=O) groups excluding carboxylic acids is 1. The van der Waals surface area contributed by atoms with E-state index in [2.05, 4.69) is 15.5 Å². The lowest BCUT2D eigenvalue weighted by Crippen LogP contribution is -2.23. The summed E-state index contributed by atoms with van der Waals surface area (Å²) >= 11 is 0. The van der Waals surface area contributed by atoms with Crippen molar-refractivity contribution in [3.63, 3.8) is 0 Å². The molecule has 1 amide bonds. The van der Waals surface area contributed by atoms with Crippen LogP contribution in [0.2, 0.25) is 0 Å². The number of carbonyl (C=O) groups is 1. The molecule has 0 fully saturated rings. The Morgan fingerprint density at radius 2 is 2.22 bits per heavy atom. The van der Waals surface area contributed by atoms with Crippen LogP contribution in [0.5, 0.6) is 0 Å². The molecule has 2 aromatic heterocycles. The number of rotatable bonds is 3. The minimum atomic E-state index is -0.614. The molecule has 0 saturated heterocycles. The Morgan fingerprint density at radius 3 is 2.78 bits per heavy atom. The zero-order valence-corrected chi connectivity index (χ0v) is 10.0. The van der Waals surface area contributed by atoms with Crippen LogP contribution in [0.4, 0.5) is 4.39 Å². The molecule has 0 radical (unpaired) electrons. The zero-order valence-electron chi connectivity index (χ0n) is 10.0. The number of nitrogens with zero attached hydrogens (tertiary/aromatic N) is 2. The van der Waals surface area contributed by atoms with Gasteiger partial charge in [0.1, 0.15) is 5.76 Å². The van der Waals surface area contributed by atoms with Crippen molar-refractivity contribution >= 4 is 5.91 Å². The van der Waals surface area contributed by atoms with Gasteiger partial charge in [-0.1, -0.05) is 5.16 Å². The van der Waals surface area contributed by atoms with Gasteiger partial charge in [0, 0.05) is 18.3 Å². The zero-order chi connectivity index (χ0) is 13.1. The molecule has 94 valence electrons. The molecule has 0 aliphatic carbocycles. The van der Waals surface area contributed by atoms with E-state index < -0.39 is 5.95 Å². The van der Waals surface area contributed by atoms with Gasteiger partial charge in [0.2, 0.25) is 5.95 Å². The largest absolute Gasteiger partial charge is 0.361 e. The smallest absolute Gasteiger partial charge is 0.253 e. The number of aryl methyl sites for hydroxylation is 2. The van der Waals surface area contributed by atoms with Gasteiger partial charge in [0.15, 0.2) is 0 Å². The molecule has 0 bridgehead atoms. The van der Waals surface area contributed by atoms with E-state index in [1.807, 2.05) is 0 Å². The first-order valence-electron chi connectivity index (χ1n) is 5.39. The van der Waals surface area contributed by atoms with Gasteiger partial charge in [-0.2, -0.15) is 4.39 Å². The summed E-state index contributed by atoms with van der Waals surface area (Å²) in [5.74, 6) is -0.259. The van der Waals surface area contributed by atoms with E-state index in [0.717, 1.165) is 17.3 Å². The second-order valence-electron chi connectivity index (χ2n) is 3.85. The minimum Gasteiger partial charge on any atom is -0.361 e. The summed E-state index contributed by atoms with van der Waals surface area (Å²) in [6, 6.07) is 2.52. The Balaban J connectivity index is 2.03. The summed E-state index contributed by atoms with van der Waals surface area (Å²) in [5.41, 5.74) is 1.90. The molecule has 0 spiro atoms. The van der Waals surface area contributed by atoms with Gasteiger partial charge >= 0.3 is 0 Å². The van der Waals surface area contributed by atoms with Gasteiger partial charge in [0.05, 0.1) is 11.3 Å². The highest BCUT2D eigenvalue weighted by Crippen LogP contribution is 2.11. The number of nitrogens with one attached hydrogen (secondary N) is 1. The summed E-state index contributed by atoms with van der Waals surface area (Å²) in [6.45, 7) is 3.90. The van der Waals surface area contributed by atoms with Crippen molar-refractivity contribution in [1.29, 1.82) is 0 Å². The van der Waals surface area contributed by atoms with Gasteiger partial charge in [-0.25, -0.2) is 4.98 Å². The van der Waals surface area contributed by atoms with E-state index in [9.17, 15) is 9.18 Å². The van der Waals surface area contributed by atoms with Crippen LogP contribution in [-0.2, 0) is 6.54 Å². The van der Waals surface area contributed by atoms with Crippen molar-refractivity contribution in [3.8, 4) is 0 Å². The monoisotopic (exact) mass is 249 g/mol. The molecule has 18 heavy (non-hydrogen) atoms. The second-order valence-corrected chi connectivity index (χ2v) is 3.85. The Morgan fingerprint density at radius 1 is 1.44 bits per heavy atom. The molecule has 1 N–H and O–H groups in total. The normalized spacial score (nSPS) is 10.4. The summed E-state index contributed by atoms with van der Waals surface area (Å²) < 4.78 is 17.6. The van der Waals surface area contributed by atoms with Gasteiger partial charge in [-0.15, -0.1) is 0 Å². The third-order valence-electron chi connectivity index (χ3n) is 2.60. The summed E-state index contributed by atoms with van der Waals surface area (Å²) in [7, 11) is 0. The van der Waals surface area contributed by atoms with Crippen molar-refractivity contribution in [3.05, 3.63) is 46.9 Å². The Hall–Kier alpha value is -2.24.